The highest BCUT2D eigenvalue weighted by Gasteiger charge is 2.75. The lowest BCUT2D eigenvalue weighted by Crippen LogP contribution is -2.74. The Hall–Kier alpha value is -1.36. The van der Waals surface area contributed by atoms with Gasteiger partial charge in [-0.15, -0.1) is 0 Å². The van der Waals surface area contributed by atoms with Gasteiger partial charge in [-0.05, 0) is 44.9 Å². The normalized spacial score (nSPS) is 42.7. The number of amides is 1. The van der Waals surface area contributed by atoms with Gasteiger partial charge in [0.15, 0.2) is 11.1 Å². The van der Waals surface area contributed by atoms with Gasteiger partial charge in [-0.25, -0.2) is 4.79 Å². The Morgan fingerprint density at radius 3 is 2.90 bits per heavy atom. The number of fused-ring (bicyclic) bond motifs is 1. The number of aliphatic hydroxyl groups is 1. The lowest BCUT2D eigenvalue weighted by atomic mass is 9.66. The van der Waals surface area contributed by atoms with Crippen molar-refractivity contribution < 1.29 is 19.4 Å². The number of allylic oxidation sites excluding steroid dienone is 2. The summed E-state index contributed by atoms with van der Waals surface area (Å²) < 4.78 is 5.37. The van der Waals surface area contributed by atoms with Crippen LogP contribution < -0.4 is 5.32 Å². The van der Waals surface area contributed by atoms with E-state index in [9.17, 15) is 9.59 Å². The number of carbonyl (C=O) groups excluding carboxylic acids is 2. The molecule has 3 aliphatic rings. The molecule has 0 aromatic heterocycles. The van der Waals surface area contributed by atoms with Crippen LogP contribution >= 0.6 is 0 Å². The molecular weight excluding hydrogens is 258 g/mol. The fraction of sp³-hybridized carbons (Fsp3) is 0.733. The topological polar surface area (TPSA) is 75.6 Å². The lowest BCUT2D eigenvalue weighted by molar-refractivity contribution is -0.222. The average Bonchev–Trinajstić information content (AvgIpc) is 2.59. The molecule has 20 heavy (non-hydrogen) atoms. The summed E-state index contributed by atoms with van der Waals surface area (Å²) in [4.78, 5) is 24.2. The molecule has 0 aromatic carbocycles. The maximum Gasteiger partial charge on any atom is 0.336 e. The Labute approximate surface area is 118 Å². The maximum absolute atomic E-state index is 12.2. The summed E-state index contributed by atoms with van der Waals surface area (Å²) in [6.45, 7) is 1.74. The number of aliphatic hydroxyl groups excluding tert-OH is 1. The van der Waals surface area contributed by atoms with Crippen molar-refractivity contribution in [1.82, 2.24) is 5.32 Å². The summed E-state index contributed by atoms with van der Waals surface area (Å²) in [5, 5.41) is 12.0. The highest BCUT2D eigenvalue weighted by Crippen LogP contribution is 2.53. The Balaban J connectivity index is 1.86. The van der Waals surface area contributed by atoms with Crippen LogP contribution in [0.15, 0.2) is 12.2 Å². The SMILES string of the molecule is C[C@@]12OC(=O)C1(CC1C=CCCC1)NC(=O)C2CCO. The molecule has 2 aliphatic heterocycles. The first kappa shape index (κ1) is 13.6. The van der Waals surface area contributed by atoms with Gasteiger partial charge in [0, 0.05) is 6.61 Å². The van der Waals surface area contributed by atoms with Gasteiger partial charge in [0.2, 0.25) is 5.91 Å². The Morgan fingerprint density at radius 2 is 2.30 bits per heavy atom. The predicted octanol–water partition coefficient (Wildman–Crippen LogP) is 0.915. The van der Waals surface area contributed by atoms with Crippen LogP contribution in [0, 0.1) is 11.8 Å². The van der Waals surface area contributed by atoms with Crippen LogP contribution in [-0.2, 0) is 14.3 Å². The highest BCUT2D eigenvalue weighted by atomic mass is 16.6. The van der Waals surface area contributed by atoms with Gasteiger partial charge in [0.05, 0.1) is 5.92 Å². The van der Waals surface area contributed by atoms with E-state index in [-0.39, 0.29) is 18.5 Å². The first-order chi connectivity index (χ1) is 9.53. The van der Waals surface area contributed by atoms with Gasteiger partial charge in [-0.3, -0.25) is 4.79 Å². The van der Waals surface area contributed by atoms with Crippen LogP contribution in [0.25, 0.3) is 0 Å². The van der Waals surface area contributed by atoms with Crippen LogP contribution in [0.2, 0.25) is 0 Å². The zero-order valence-corrected chi connectivity index (χ0v) is 11.7. The van der Waals surface area contributed by atoms with Crippen molar-refractivity contribution >= 4 is 11.9 Å². The first-order valence-corrected chi connectivity index (χ1v) is 7.36. The van der Waals surface area contributed by atoms with Crippen LogP contribution in [0.5, 0.6) is 0 Å². The lowest BCUT2D eigenvalue weighted by Gasteiger charge is -2.52. The minimum Gasteiger partial charge on any atom is -0.453 e. The molecule has 4 atom stereocenters. The van der Waals surface area contributed by atoms with E-state index in [1.165, 1.54) is 0 Å². The maximum atomic E-state index is 12.2. The van der Waals surface area contributed by atoms with Crippen LogP contribution in [0.1, 0.15) is 39.0 Å². The molecule has 5 nitrogen and oxygen atoms in total. The van der Waals surface area contributed by atoms with Crippen LogP contribution in [0.4, 0.5) is 0 Å². The molecule has 0 spiro atoms. The molecule has 2 saturated heterocycles. The fourth-order valence-corrected chi connectivity index (χ4v) is 3.93. The monoisotopic (exact) mass is 279 g/mol. The molecule has 3 unspecified atom stereocenters. The van der Waals surface area contributed by atoms with E-state index < -0.39 is 17.1 Å². The molecule has 0 radical (unpaired) electrons. The Bertz CT molecular complexity index is 474. The summed E-state index contributed by atoms with van der Waals surface area (Å²) in [6, 6.07) is 0. The second-order valence-corrected chi connectivity index (χ2v) is 6.28. The molecule has 1 amide bonds. The second kappa shape index (κ2) is 4.58. The van der Waals surface area contributed by atoms with Crippen molar-refractivity contribution in [3.8, 4) is 0 Å². The number of rotatable bonds is 4. The molecule has 2 fully saturated rings. The zero-order valence-electron chi connectivity index (χ0n) is 11.7. The molecular formula is C15H21NO4. The molecule has 2 heterocycles. The molecule has 110 valence electrons. The summed E-state index contributed by atoms with van der Waals surface area (Å²) in [5.41, 5.74) is -1.70. The Kier molecular flexibility index (Phi) is 3.12. The molecule has 0 bridgehead atoms. The minimum absolute atomic E-state index is 0.0787. The Morgan fingerprint density at radius 1 is 1.50 bits per heavy atom. The van der Waals surface area contributed by atoms with Crippen molar-refractivity contribution in [2.75, 3.05) is 6.61 Å². The van der Waals surface area contributed by atoms with Crippen molar-refractivity contribution in [1.29, 1.82) is 0 Å². The van der Waals surface area contributed by atoms with Crippen molar-refractivity contribution in [2.45, 2.75) is 50.2 Å². The molecule has 5 heteroatoms. The predicted molar refractivity (Wildman–Crippen MR) is 71.7 cm³/mol. The summed E-state index contributed by atoms with van der Waals surface area (Å²) in [5.74, 6) is -0.637. The fourth-order valence-electron chi connectivity index (χ4n) is 3.93. The third-order valence-electron chi connectivity index (χ3n) is 5.16. The van der Waals surface area contributed by atoms with Crippen LogP contribution in [0.3, 0.4) is 0 Å². The largest absolute Gasteiger partial charge is 0.453 e. The van der Waals surface area contributed by atoms with E-state index in [4.69, 9.17) is 9.84 Å². The number of nitrogens with one attached hydrogen (secondary N) is 1. The van der Waals surface area contributed by atoms with Gasteiger partial charge in [0.25, 0.3) is 0 Å². The molecule has 0 aromatic rings. The van der Waals surface area contributed by atoms with Crippen molar-refractivity contribution in [2.24, 2.45) is 11.8 Å². The second-order valence-electron chi connectivity index (χ2n) is 6.28. The van der Waals surface area contributed by atoms with Gasteiger partial charge < -0.3 is 15.2 Å². The van der Waals surface area contributed by atoms with Crippen molar-refractivity contribution in [3.63, 3.8) is 0 Å². The van der Waals surface area contributed by atoms with Gasteiger partial charge in [-0.2, -0.15) is 0 Å². The van der Waals surface area contributed by atoms with Gasteiger partial charge in [0.1, 0.15) is 0 Å². The average molecular weight is 279 g/mol. The van der Waals surface area contributed by atoms with Gasteiger partial charge in [-0.1, -0.05) is 12.2 Å². The zero-order chi connectivity index (χ0) is 14.4. The van der Waals surface area contributed by atoms with E-state index >= 15 is 0 Å². The van der Waals surface area contributed by atoms with E-state index in [1.807, 2.05) is 6.92 Å². The first-order valence-electron chi connectivity index (χ1n) is 7.36. The number of hydrogen-bond acceptors (Lipinski definition) is 4. The minimum atomic E-state index is -0.893. The van der Waals surface area contributed by atoms with Crippen molar-refractivity contribution in [3.05, 3.63) is 12.2 Å². The number of esters is 1. The van der Waals surface area contributed by atoms with E-state index in [2.05, 4.69) is 17.5 Å². The summed E-state index contributed by atoms with van der Waals surface area (Å²) >= 11 is 0. The van der Waals surface area contributed by atoms with E-state index in [1.54, 1.807) is 0 Å². The quantitative estimate of drug-likeness (QED) is 0.592. The molecule has 3 rings (SSSR count). The standard InChI is InChI=1S/C15H21NO4/c1-14-11(7-8-17)12(18)16-15(14,13(19)20-14)9-10-5-3-2-4-6-10/h3,5,10-11,17H,2,4,6-9H2,1H3,(H,16,18)/t10?,11?,14-,15?/m0/s1. The number of carbonyl (C=O) groups is 2. The van der Waals surface area contributed by atoms with E-state index in [0.29, 0.717) is 18.8 Å². The third-order valence-corrected chi connectivity index (χ3v) is 5.16. The van der Waals surface area contributed by atoms with Gasteiger partial charge >= 0.3 is 5.97 Å². The van der Waals surface area contributed by atoms with E-state index in [0.717, 1.165) is 19.3 Å². The molecule has 1 aliphatic carbocycles. The summed E-state index contributed by atoms with van der Waals surface area (Å²) in [7, 11) is 0. The van der Waals surface area contributed by atoms with Crippen LogP contribution in [-0.4, -0.2) is 34.7 Å². The third kappa shape index (κ3) is 1.65. The number of ether oxygens (including phenoxy) is 1. The molecule has 2 N–H and O–H groups in total. The smallest absolute Gasteiger partial charge is 0.336 e. The highest BCUT2D eigenvalue weighted by molar-refractivity contribution is 6.01. The summed E-state index contributed by atoms with van der Waals surface area (Å²) in [6.07, 6.45) is 8.48. The molecule has 0 saturated carbocycles. The number of hydrogen-bond donors (Lipinski definition) is 2.